The lowest BCUT2D eigenvalue weighted by Gasteiger charge is -2.24. The van der Waals surface area contributed by atoms with Crippen molar-refractivity contribution in [3.05, 3.63) is 42.1 Å². The van der Waals surface area contributed by atoms with Crippen molar-refractivity contribution in [2.24, 2.45) is 0 Å². The van der Waals surface area contributed by atoms with E-state index in [1.807, 2.05) is 12.1 Å². The highest BCUT2D eigenvalue weighted by Gasteiger charge is 2.22. The van der Waals surface area contributed by atoms with Gasteiger partial charge in [-0.05, 0) is 30.0 Å². The van der Waals surface area contributed by atoms with Crippen LogP contribution in [0.1, 0.15) is 32.8 Å². The lowest BCUT2D eigenvalue weighted by Crippen LogP contribution is -2.20. The topological polar surface area (TPSA) is 30.0 Å². The van der Waals surface area contributed by atoms with Crippen LogP contribution in [-0.4, -0.2) is 10.8 Å². The van der Waals surface area contributed by atoms with E-state index < -0.39 is 0 Å². The summed E-state index contributed by atoms with van der Waals surface area (Å²) < 4.78 is 0. The number of hydrogen-bond acceptors (Lipinski definition) is 2. The molecule has 0 aliphatic carbocycles. The Morgan fingerprint density at radius 2 is 2.06 bits per heavy atom. The molecule has 0 radical (unpaired) electrons. The molecule has 0 amide bonds. The number of pyridine rings is 1. The maximum Gasteiger partial charge on any atom is 0.130 e. The molecule has 1 heterocycles. The third-order valence-electron chi connectivity index (χ3n) is 3.08. The minimum absolute atomic E-state index is 0.127. The Bertz CT molecular complexity index is 558. The number of Topliss-reactive ketones (excluding diaryl/α,β-unsaturated/α-hetero) is 1. The quantitative estimate of drug-likeness (QED) is 0.803. The lowest BCUT2D eigenvalue weighted by molar-refractivity contribution is -0.118. The maximum absolute atomic E-state index is 11.3. The van der Waals surface area contributed by atoms with Crippen LogP contribution in [0.3, 0.4) is 0 Å². The van der Waals surface area contributed by atoms with Crippen molar-refractivity contribution in [1.82, 2.24) is 4.98 Å². The molecule has 2 aromatic rings. The summed E-state index contributed by atoms with van der Waals surface area (Å²) in [5.41, 5.74) is 2.03. The molecule has 0 spiro atoms. The van der Waals surface area contributed by atoms with E-state index in [0.717, 1.165) is 10.9 Å². The number of benzene rings is 1. The molecule has 88 valence electrons. The molecule has 2 heteroatoms. The standard InChI is InChI=1S/C15H17NO/c1-11(17)10-15(2,3)13-7-6-12-5-4-8-16-14(12)9-13/h4-9H,10H2,1-3H3. The number of nitrogens with zero attached hydrogens (tertiary/aromatic N) is 1. The van der Waals surface area contributed by atoms with Crippen molar-refractivity contribution < 1.29 is 4.79 Å². The molecule has 1 aromatic heterocycles. The Kier molecular flexibility index (Phi) is 2.97. The van der Waals surface area contributed by atoms with E-state index in [1.54, 1.807) is 13.1 Å². The van der Waals surface area contributed by atoms with Gasteiger partial charge in [-0.1, -0.05) is 32.0 Å². The van der Waals surface area contributed by atoms with Gasteiger partial charge in [0, 0.05) is 18.0 Å². The first-order valence-corrected chi connectivity index (χ1v) is 5.84. The van der Waals surface area contributed by atoms with Crippen LogP contribution >= 0.6 is 0 Å². The summed E-state index contributed by atoms with van der Waals surface area (Å²) in [4.78, 5) is 15.6. The van der Waals surface area contributed by atoms with Crippen molar-refractivity contribution in [3.63, 3.8) is 0 Å². The molecule has 17 heavy (non-hydrogen) atoms. The number of carbonyl (C=O) groups is 1. The SMILES string of the molecule is CC(=O)CC(C)(C)c1ccc2cccnc2c1. The van der Waals surface area contributed by atoms with Gasteiger partial charge in [-0.2, -0.15) is 0 Å². The van der Waals surface area contributed by atoms with Crippen LogP contribution in [0.5, 0.6) is 0 Å². The molecule has 0 unspecified atom stereocenters. The third kappa shape index (κ3) is 2.52. The van der Waals surface area contributed by atoms with Gasteiger partial charge in [0.2, 0.25) is 0 Å². The molecule has 2 nitrogen and oxygen atoms in total. The first-order chi connectivity index (χ1) is 7.99. The van der Waals surface area contributed by atoms with Gasteiger partial charge in [-0.15, -0.1) is 0 Å². The van der Waals surface area contributed by atoms with Crippen molar-refractivity contribution in [1.29, 1.82) is 0 Å². The van der Waals surface area contributed by atoms with Gasteiger partial charge >= 0.3 is 0 Å². The summed E-state index contributed by atoms with van der Waals surface area (Å²) in [6.07, 6.45) is 2.36. The van der Waals surface area contributed by atoms with Gasteiger partial charge in [0.1, 0.15) is 5.78 Å². The second-order valence-corrected chi connectivity index (χ2v) is 5.17. The number of ketones is 1. The van der Waals surface area contributed by atoms with E-state index in [4.69, 9.17) is 0 Å². The summed E-state index contributed by atoms with van der Waals surface area (Å²) in [7, 11) is 0. The van der Waals surface area contributed by atoms with Crippen LogP contribution in [0.2, 0.25) is 0 Å². The molecular weight excluding hydrogens is 210 g/mol. The highest BCUT2D eigenvalue weighted by Crippen LogP contribution is 2.29. The number of aromatic nitrogens is 1. The Morgan fingerprint density at radius 3 is 2.76 bits per heavy atom. The highest BCUT2D eigenvalue weighted by atomic mass is 16.1. The monoisotopic (exact) mass is 227 g/mol. The number of carbonyl (C=O) groups excluding carboxylic acids is 1. The molecule has 0 fully saturated rings. The zero-order valence-electron chi connectivity index (χ0n) is 10.5. The fraction of sp³-hybridized carbons (Fsp3) is 0.333. The zero-order valence-corrected chi connectivity index (χ0v) is 10.5. The second-order valence-electron chi connectivity index (χ2n) is 5.17. The molecule has 0 aliphatic rings. The molecule has 0 N–H and O–H groups in total. The van der Waals surface area contributed by atoms with Crippen LogP contribution < -0.4 is 0 Å². The molecule has 0 saturated heterocycles. The minimum atomic E-state index is -0.127. The van der Waals surface area contributed by atoms with E-state index in [9.17, 15) is 4.79 Å². The van der Waals surface area contributed by atoms with Crippen molar-refractivity contribution in [3.8, 4) is 0 Å². The average Bonchev–Trinajstić information content (AvgIpc) is 2.26. The van der Waals surface area contributed by atoms with E-state index in [0.29, 0.717) is 6.42 Å². The van der Waals surface area contributed by atoms with Gasteiger partial charge in [0.05, 0.1) is 5.52 Å². The fourth-order valence-corrected chi connectivity index (χ4v) is 2.21. The summed E-state index contributed by atoms with van der Waals surface area (Å²) in [5, 5.41) is 1.13. The summed E-state index contributed by atoms with van der Waals surface area (Å²) >= 11 is 0. The van der Waals surface area contributed by atoms with Crippen LogP contribution in [-0.2, 0) is 10.2 Å². The molecule has 0 bridgehead atoms. The Labute approximate surface area is 102 Å². The second kappa shape index (κ2) is 4.28. The van der Waals surface area contributed by atoms with Crippen molar-refractivity contribution >= 4 is 16.7 Å². The summed E-state index contributed by atoms with van der Waals surface area (Å²) in [5.74, 6) is 0.219. The number of fused-ring (bicyclic) bond motifs is 1. The third-order valence-corrected chi connectivity index (χ3v) is 3.08. The van der Waals surface area contributed by atoms with Crippen LogP contribution in [0.4, 0.5) is 0 Å². The predicted molar refractivity (Wildman–Crippen MR) is 70.1 cm³/mol. The zero-order chi connectivity index (χ0) is 12.5. The molecule has 0 aliphatic heterocycles. The van der Waals surface area contributed by atoms with Crippen molar-refractivity contribution in [2.45, 2.75) is 32.6 Å². The van der Waals surface area contributed by atoms with E-state index in [-0.39, 0.29) is 11.2 Å². The van der Waals surface area contributed by atoms with E-state index >= 15 is 0 Å². The van der Waals surface area contributed by atoms with E-state index in [1.165, 1.54) is 5.56 Å². The minimum Gasteiger partial charge on any atom is -0.300 e. The maximum atomic E-state index is 11.3. The van der Waals surface area contributed by atoms with Crippen LogP contribution in [0, 0.1) is 0 Å². The Hall–Kier alpha value is -1.70. The normalized spacial score (nSPS) is 11.7. The number of hydrogen-bond donors (Lipinski definition) is 0. The number of rotatable bonds is 3. The van der Waals surface area contributed by atoms with Gasteiger partial charge in [-0.3, -0.25) is 9.78 Å². The van der Waals surface area contributed by atoms with Gasteiger partial charge in [0.15, 0.2) is 0 Å². The predicted octanol–water partition coefficient (Wildman–Crippen LogP) is 3.49. The van der Waals surface area contributed by atoms with Crippen LogP contribution in [0.25, 0.3) is 10.9 Å². The highest BCUT2D eigenvalue weighted by molar-refractivity contribution is 5.80. The lowest BCUT2D eigenvalue weighted by atomic mass is 9.80. The Morgan fingerprint density at radius 1 is 1.29 bits per heavy atom. The largest absolute Gasteiger partial charge is 0.300 e. The summed E-state index contributed by atoms with van der Waals surface area (Å²) in [6, 6.07) is 10.2. The van der Waals surface area contributed by atoms with Crippen molar-refractivity contribution in [2.75, 3.05) is 0 Å². The molecule has 1 aromatic carbocycles. The summed E-state index contributed by atoms with van der Waals surface area (Å²) in [6.45, 7) is 5.83. The molecule has 0 atom stereocenters. The smallest absolute Gasteiger partial charge is 0.130 e. The average molecular weight is 227 g/mol. The molecule has 0 saturated carbocycles. The van der Waals surface area contributed by atoms with Gasteiger partial charge in [-0.25, -0.2) is 0 Å². The van der Waals surface area contributed by atoms with E-state index in [2.05, 4.69) is 37.0 Å². The first kappa shape index (κ1) is 11.8. The fourth-order valence-electron chi connectivity index (χ4n) is 2.21. The van der Waals surface area contributed by atoms with Crippen LogP contribution in [0.15, 0.2) is 36.5 Å². The Balaban J connectivity index is 2.45. The van der Waals surface area contributed by atoms with Gasteiger partial charge < -0.3 is 0 Å². The first-order valence-electron chi connectivity index (χ1n) is 5.84. The molecular formula is C15H17NO. The van der Waals surface area contributed by atoms with Gasteiger partial charge in [0.25, 0.3) is 0 Å². The molecule has 2 rings (SSSR count).